The van der Waals surface area contributed by atoms with Crippen molar-refractivity contribution in [3.05, 3.63) is 65.3 Å². The van der Waals surface area contributed by atoms with E-state index < -0.39 is 18.2 Å². The van der Waals surface area contributed by atoms with Gasteiger partial charge in [0.1, 0.15) is 12.3 Å². The van der Waals surface area contributed by atoms with Crippen LogP contribution < -0.4 is 4.90 Å². The Hall–Kier alpha value is -3.49. The molecule has 29 heavy (non-hydrogen) atoms. The van der Waals surface area contributed by atoms with Gasteiger partial charge in [-0.05, 0) is 19.4 Å². The van der Waals surface area contributed by atoms with E-state index in [1.54, 1.807) is 42.1 Å². The molecular formula is C20H20FN5O3. The normalized spacial score (nSPS) is 15.4. The number of anilines is 1. The van der Waals surface area contributed by atoms with Crippen molar-refractivity contribution in [3.8, 4) is 0 Å². The van der Waals surface area contributed by atoms with E-state index in [1.807, 2.05) is 13.0 Å². The van der Waals surface area contributed by atoms with Gasteiger partial charge in [0.25, 0.3) is 5.91 Å². The van der Waals surface area contributed by atoms with E-state index in [-0.39, 0.29) is 13.0 Å². The van der Waals surface area contributed by atoms with Gasteiger partial charge in [-0.1, -0.05) is 35.5 Å². The minimum atomic E-state index is -1.59. The molecule has 8 nitrogen and oxygen atoms in total. The molecule has 1 fully saturated rings. The molecule has 1 atom stereocenters. The van der Waals surface area contributed by atoms with Crippen LogP contribution in [-0.2, 0) is 17.8 Å². The molecule has 9 heteroatoms. The van der Waals surface area contributed by atoms with Crippen molar-refractivity contribution < 1.29 is 18.5 Å². The van der Waals surface area contributed by atoms with E-state index >= 15 is 0 Å². The second-order valence-electron chi connectivity index (χ2n) is 6.96. The van der Waals surface area contributed by atoms with Crippen molar-refractivity contribution >= 4 is 17.6 Å². The van der Waals surface area contributed by atoms with Gasteiger partial charge in [0.05, 0.1) is 24.1 Å². The lowest BCUT2D eigenvalue weighted by Crippen LogP contribution is -2.38. The number of alkyl halides is 1. The van der Waals surface area contributed by atoms with Crippen LogP contribution in [0.4, 0.5) is 14.9 Å². The number of nitrogens with zero attached hydrogens (tertiary/aromatic N) is 5. The predicted octanol–water partition coefficient (Wildman–Crippen LogP) is 2.84. The number of carbonyl (C=O) groups excluding carboxylic acids is 2. The molecule has 2 aromatic heterocycles. The molecule has 1 aliphatic rings. The fourth-order valence-corrected chi connectivity index (χ4v) is 3.36. The number of hydrogen-bond acceptors (Lipinski definition) is 5. The van der Waals surface area contributed by atoms with Crippen LogP contribution in [0.25, 0.3) is 0 Å². The summed E-state index contributed by atoms with van der Waals surface area (Å²) in [5.41, 5.74) is 2.69. The Balaban J connectivity index is 1.48. The van der Waals surface area contributed by atoms with Gasteiger partial charge < -0.3 is 4.52 Å². The zero-order valence-corrected chi connectivity index (χ0v) is 16.1. The summed E-state index contributed by atoms with van der Waals surface area (Å²) >= 11 is 0. The minimum absolute atomic E-state index is 0.0268. The van der Waals surface area contributed by atoms with Crippen LogP contribution in [0.1, 0.15) is 22.6 Å². The average Bonchev–Trinajstić information content (AvgIpc) is 3.36. The highest BCUT2D eigenvalue weighted by Gasteiger charge is 2.41. The molecule has 0 saturated carbocycles. The molecule has 3 amide bonds. The van der Waals surface area contributed by atoms with E-state index in [2.05, 4.69) is 10.3 Å². The number of aromatic nitrogens is 3. The van der Waals surface area contributed by atoms with Crippen LogP contribution >= 0.6 is 0 Å². The molecule has 0 spiro atoms. The first-order valence-electron chi connectivity index (χ1n) is 9.20. The van der Waals surface area contributed by atoms with Crippen LogP contribution in [0, 0.1) is 13.8 Å². The van der Waals surface area contributed by atoms with E-state index in [9.17, 15) is 14.0 Å². The van der Waals surface area contributed by atoms with Gasteiger partial charge >= 0.3 is 6.03 Å². The monoisotopic (exact) mass is 397 g/mol. The fourth-order valence-electron chi connectivity index (χ4n) is 3.36. The highest BCUT2D eigenvalue weighted by molar-refractivity contribution is 6.19. The zero-order valence-electron chi connectivity index (χ0n) is 16.1. The number of carbonyl (C=O) groups is 2. The standard InChI is InChI=1S/C20H20FN5O3/c1-13-17(14(2)29-23-13)11-24-10-16(9-22-24)26-19(27)12-25(20(26)28)18(21)8-15-6-4-3-5-7-15/h3-7,9-10,18H,8,11-12H2,1-2H3. The average molecular weight is 397 g/mol. The van der Waals surface area contributed by atoms with Crippen molar-refractivity contribution in [3.63, 3.8) is 0 Å². The maximum absolute atomic E-state index is 14.7. The SMILES string of the molecule is Cc1noc(C)c1Cn1cc(N2C(=O)CN(C(F)Cc3ccccc3)C2=O)cn1. The summed E-state index contributed by atoms with van der Waals surface area (Å²) in [5, 5.41) is 8.11. The van der Waals surface area contributed by atoms with Gasteiger partial charge in [0, 0.05) is 18.2 Å². The number of amides is 3. The summed E-state index contributed by atoms with van der Waals surface area (Å²) < 4.78 is 21.5. The lowest BCUT2D eigenvalue weighted by Gasteiger charge is -2.20. The maximum Gasteiger partial charge on any atom is 0.334 e. The van der Waals surface area contributed by atoms with Crippen LogP contribution in [0.5, 0.6) is 0 Å². The number of hydrogen-bond donors (Lipinski definition) is 0. The highest BCUT2D eigenvalue weighted by Crippen LogP contribution is 2.24. The second-order valence-corrected chi connectivity index (χ2v) is 6.96. The van der Waals surface area contributed by atoms with E-state index in [0.29, 0.717) is 18.0 Å². The summed E-state index contributed by atoms with van der Waals surface area (Å²) in [4.78, 5) is 27.0. The largest absolute Gasteiger partial charge is 0.361 e. The number of rotatable bonds is 6. The molecule has 1 aromatic carbocycles. The maximum atomic E-state index is 14.7. The molecular weight excluding hydrogens is 377 g/mol. The smallest absolute Gasteiger partial charge is 0.334 e. The number of urea groups is 1. The van der Waals surface area contributed by atoms with Crippen LogP contribution in [0.2, 0.25) is 0 Å². The Morgan fingerprint density at radius 3 is 2.66 bits per heavy atom. The number of imide groups is 1. The summed E-state index contributed by atoms with van der Waals surface area (Å²) in [7, 11) is 0. The van der Waals surface area contributed by atoms with Gasteiger partial charge in [0.15, 0.2) is 6.30 Å². The van der Waals surface area contributed by atoms with Gasteiger partial charge in [-0.25, -0.2) is 14.1 Å². The van der Waals surface area contributed by atoms with Crippen molar-refractivity contribution in [1.29, 1.82) is 0 Å². The molecule has 0 radical (unpaired) electrons. The molecule has 3 heterocycles. The Bertz CT molecular complexity index is 1030. The van der Waals surface area contributed by atoms with E-state index in [1.165, 1.54) is 6.20 Å². The molecule has 3 aromatic rings. The lowest BCUT2D eigenvalue weighted by molar-refractivity contribution is -0.117. The first-order valence-corrected chi connectivity index (χ1v) is 9.20. The molecule has 0 aliphatic carbocycles. The van der Waals surface area contributed by atoms with Crippen molar-refractivity contribution in [2.45, 2.75) is 33.1 Å². The van der Waals surface area contributed by atoms with Gasteiger partial charge in [0.2, 0.25) is 0 Å². The minimum Gasteiger partial charge on any atom is -0.361 e. The number of aryl methyl sites for hydroxylation is 2. The highest BCUT2D eigenvalue weighted by atomic mass is 19.1. The summed E-state index contributed by atoms with van der Waals surface area (Å²) in [6.45, 7) is 3.72. The molecule has 150 valence electrons. The first-order chi connectivity index (χ1) is 13.9. The first kappa shape index (κ1) is 18.9. The van der Waals surface area contributed by atoms with E-state index in [4.69, 9.17) is 4.52 Å². The summed E-state index contributed by atoms with van der Waals surface area (Å²) in [6.07, 6.45) is 1.44. The van der Waals surface area contributed by atoms with Crippen molar-refractivity contribution in [2.24, 2.45) is 0 Å². The Labute approximate surface area is 166 Å². The summed E-state index contributed by atoms with van der Waals surface area (Å²) in [5.74, 6) is 0.197. The summed E-state index contributed by atoms with van der Waals surface area (Å²) in [6, 6.07) is 8.33. The third kappa shape index (κ3) is 3.63. The zero-order chi connectivity index (χ0) is 20.5. The van der Waals surface area contributed by atoms with Crippen molar-refractivity contribution in [2.75, 3.05) is 11.4 Å². The third-order valence-corrected chi connectivity index (χ3v) is 4.96. The van der Waals surface area contributed by atoms with Crippen LogP contribution in [0.15, 0.2) is 47.2 Å². The number of halogens is 1. The Kier molecular flexibility index (Phi) is 4.87. The van der Waals surface area contributed by atoms with Gasteiger partial charge in [-0.3, -0.25) is 14.4 Å². The number of benzene rings is 1. The second kappa shape index (κ2) is 7.50. The van der Waals surface area contributed by atoms with Crippen LogP contribution in [0.3, 0.4) is 0 Å². The predicted molar refractivity (Wildman–Crippen MR) is 102 cm³/mol. The molecule has 1 saturated heterocycles. The van der Waals surface area contributed by atoms with Gasteiger partial charge in [-0.2, -0.15) is 5.10 Å². The van der Waals surface area contributed by atoms with E-state index in [0.717, 1.165) is 26.6 Å². The third-order valence-electron chi connectivity index (χ3n) is 4.96. The lowest BCUT2D eigenvalue weighted by atomic mass is 10.1. The van der Waals surface area contributed by atoms with Gasteiger partial charge in [-0.15, -0.1) is 0 Å². The Morgan fingerprint density at radius 2 is 1.97 bits per heavy atom. The quantitative estimate of drug-likeness (QED) is 0.472. The van der Waals surface area contributed by atoms with Crippen molar-refractivity contribution in [1.82, 2.24) is 19.8 Å². The topological polar surface area (TPSA) is 84.5 Å². The molecule has 1 aliphatic heterocycles. The Morgan fingerprint density at radius 1 is 1.21 bits per heavy atom. The molecule has 0 bridgehead atoms. The molecule has 0 N–H and O–H groups in total. The molecule has 4 rings (SSSR count). The fraction of sp³-hybridized carbons (Fsp3) is 0.300. The van der Waals surface area contributed by atoms with Crippen LogP contribution in [-0.4, -0.2) is 44.6 Å². The molecule has 1 unspecified atom stereocenters.